The second kappa shape index (κ2) is 6.66. The van der Waals surface area contributed by atoms with Crippen LogP contribution in [0.25, 0.3) is 5.65 Å². The highest BCUT2D eigenvalue weighted by molar-refractivity contribution is 5.94. The van der Waals surface area contributed by atoms with Crippen LogP contribution in [0.15, 0.2) is 41.3 Å². The fraction of sp³-hybridized carbons (Fsp3) is 0.235. The van der Waals surface area contributed by atoms with Crippen molar-refractivity contribution in [1.82, 2.24) is 19.9 Å². The third-order valence-corrected chi connectivity index (χ3v) is 3.79. The number of fused-ring (bicyclic) bond motifs is 1. The summed E-state index contributed by atoms with van der Waals surface area (Å²) in [6.07, 6.45) is 2.90. The van der Waals surface area contributed by atoms with Crippen LogP contribution in [0.5, 0.6) is 0 Å². The minimum absolute atomic E-state index is 0.000107. The smallest absolute Gasteiger partial charge is 0.272 e. The molecule has 0 saturated heterocycles. The Balaban J connectivity index is 1.71. The molecule has 1 aromatic carbocycles. The molecule has 0 radical (unpaired) electrons. The summed E-state index contributed by atoms with van der Waals surface area (Å²) in [6.45, 7) is 2.25. The maximum Gasteiger partial charge on any atom is 0.272 e. The molecule has 0 aliphatic rings. The Kier molecular flexibility index (Phi) is 4.41. The van der Waals surface area contributed by atoms with Gasteiger partial charge < -0.3 is 5.32 Å². The zero-order valence-corrected chi connectivity index (χ0v) is 13.2. The molecule has 3 aromatic rings. The maximum atomic E-state index is 13.5. The molecule has 6 nitrogen and oxygen atoms in total. The molecule has 1 amide bonds. The number of halogens is 1. The molecule has 0 bridgehead atoms. The molecular formula is C17H17FN4O2. The molecule has 0 unspecified atom stereocenters. The van der Waals surface area contributed by atoms with Gasteiger partial charge in [-0.2, -0.15) is 0 Å². The second-order valence-electron chi connectivity index (χ2n) is 5.38. The van der Waals surface area contributed by atoms with E-state index < -0.39 is 11.7 Å². The summed E-state index contributed by atoms with van der Waals surface area (Å²) in [6, 6.07) is 7.23. The van der Waals surface area contributed by atoms with Crippen molar-refractivity contribution in [2.24, 2.45) is 0 Å². The van der Waals surface area contributed by atoms with Gasteiger partial charge in [-0.1, -0.05) is 19.1 Å². The molecule has 7 heteroatoms. The topological polar surface area (TPSA) is 79.3 Å². The Morgan fingerprint density at radius 3 is 2.92 bits per heavy atom. The Labute approximate surface area is 137 Å². The predicted molar refractivity (Wildman–Crippen MR) is 87.6 cm³/mol. The molecule has 0 aliphatic heterocycles. The quantitative estimate of drug-likeness (QED) is 0.748. The lowest BCUT2D eigenvalue weighted by Gasteiger charge is -2.06. The molecule has 0 spiro atoms. The average molecular weight is 328 g/mol. The number of nitrogens with zero attached hydrogens (tertiary/aromatic N) is 2. The van der Waals surface area contributed by atoms with E-state index in [2.05, 4.69) is 15.4 Å². The van der Waals surface area contributed by atoms with Gasteiger partial charge in [0.1, 0.15) is 5.82 Å². The summed E-state index contributed by atoms with van der Waals surface area (Å²) >= 11 is 0. The fourth-order valence-corrected chi connectivity index (χ4v) is 2.51. The van der Waals surface area contributed by atoms with Crippen molar-refractivity contribution in [3.63, 3.8) is 0 Å². The van der Waals surface area contributed by atoms with Gasteiger partial charge in [-0.05, 0) is 18.6 Å². The molecule has 0 saturated carbocycles. The Bertz CT molecular complexity index is 945. The summed E-state index contributed by atoms with van der Waals surface area (Å²) in [5.74, 6) is -1.05. The number of carbonyl (C=O) groups is 1. The average Bonchev–Trinajstić information content (AvgIpc) is 2.98. The van der Waals surface area contributed by atoms with Gasteiger partial charge in [-0.3, -0.25) is 14.7 Å². The van der Waals surface area contributed by atoms with E-state index in [1.807, 2.05) is 6.92 Å². The van der Waals surface area contributed by atoms with Gasteiger partial charge in [0.25, 0.3) is 11.5 Å². The standard InChI is InChI=1S/C17H17FN4O2/c1-2-11-10-20-22-15(23)9-12(21-16(11)22)7-8-19-17(24)13-5-3-4-6-14(13)18/h3-6,9-10,20H,2,7-8H2,1H3,(H,19,24). The minimum Gasteiger partial charge on any atom is -0.352 e. The van der Waals surface area contributed by atoms with Crippen molar-refractivity contribution in [3.8, 4) is 0 Å². The van der Waals surface area contributed by atoms with Crippen molar-refractivity contribution in [1.29, 1.82) is 0 Å². The van der Waals surface area contributed by atoms with E-state index in [9.17, 15) is 14.0 Å². The number of carbonyl (C=O) groups excluding carboxylic acids is 1. The van der Waals surface area contributed by atoms with Crippen LogP contribution >= 0.6 is 0 Å². The van der Waals surface area contributed by atoms with E-state index in [0.717, 1.165) is 12.0 Å². The molecule has 2 aromatic heterocycles. The number of hydrogen-bond donors (Lipinski definition) is 2. The monoisotopic (exact) mass is 328 g/mol. The highest BCUT2D eigenvalue weighted by Gasteiger charge is 2.11. The summed E-state index contributed by atoms with van der Waals surface area (Å²) in [5, 5.41) is 5.51. The molecule has 24 heavy (non-hydrogen) atoms. The lowest BCUT2D eigenvalue weighted by molar-refractivity contribution is 0.0950. The van der Waals surface area contributed by atoms with Crippen molar-refractivity contribution < 1.29 is 9.18 Å². The van der Waals surface area contributed by atoms with Crippen LogP contribution < -0.4 is 10.9 Å². The van der Waals surface area contributed by atoms with E-state index in [4.69, 9.17) is 0 Å². The van der Waals surface area contributed by atoms with Gasteiger partial charge >= 0.3 is 0 Å². The van der Waals surface area contributed by atoms with Crippen LogP contribution in [0.1, 0.15) is 28.5 Å². The summed E-state index contributed by atoms with van der Waals surface area (Å²) < 4.78 is 14.9. The number of aromatic nitrogens is 3. The number of rotatable bonds is 5. The third kappa shape index (κ3) is 3.05. The van der Waals surface area contributed by atoms with Crippen LogP contribution in [0.2, 0.25) is 0 Å². The van der Waals surface area contributed by atoms with Gasteiger partial charge in [0.15, 0.2) is 5.65 Å². The Hall–Kier alpha value is -2.96. The van der Waals surface area contributed by atoms with Crippen molar-refractivity contribution in [2.45, 2.75) is 19.8 Å². The first-order valence-corrected chi connectivity index (χ1v) is 7.72. The highest BCUT2D eigenvalue weighted by Crippen LogP contribution is 2.08. The van der Waals surface area contributed by atoms with E-state index in [1.54, 1.807) is 12.3 Å². The number of H-pyrrole nitrogens is 1. The van der Waals surface area contributed by atoms with Gasteiger partial charge in [0.05, 0.1) is 11.3 Å². The number of nitrogens with one attached hydrogen (secondary N) is 2. The van der Waals surface area contributed by atoms with Gasteiger partial charge in [0, 0.05) is 30.8 Å². The lowest BCUT2D eigenvalue weighted by atomic mass is 10.2. The van der Waals surface area contributed by atoms with E-state index in [0.29, 0.717) is 17.8 Å². The first kappa shape index (κ1) is 15.9. The molecule has 0 atom stereocenters. The summed E-state index contributed by atoms with van der Waals surface area (Å²) in [5.41, 5.74) is 1.93. The SMILES string of the molecule is CCc1c[nH]n2c(=O)cc(CCNC(=O)c3ccccc3F)nc12. The molecule has 2 heterocycles. The normalized spacial score (nSPS) is 10.9. The molecule has 3 rings (SSSR count). The largest absolute Gasteiger partial charge is 0.352 e. The summed E-state index contributed by atoms with van der Waals surface area (Å²) in [7, 11) is 0. The van der Waals surface area contributed by atoms with Gasteiger partial charge in [-0.15, -0.1) is 0 Å². The number of amides is 1. The molecular weight excluding hydrogens is 311 g/mol. The molecule has 2 N–H and O–H groups in total. The van der Waals surface area contributed by atoms with Crippen LogP contribution in [0, 0.1) is 5.82 Å². The van der Waals surface area contributed by atoms with Crippen molar-refractivity contribution >= 4 is 11.6 Å². The van der Waals surface area contributed by atoms with Gasteiger partial charge in [0.2, 0.25) is 0 Å². The number of aromatic amines is 1. The van der Waals surface area contributed by atoms with E-state index in [1.165, 1.54) is 28.8 Å². The van der Waals surface area contributed by atoms with E-state index in [-0.39, 0.29) is 17.7 Å². The third-order valence-electron chi connectivity index (χ3n) is 3.79. The Morgan fingerprint density at radius 1 is 1.38 bits per heavy atom. The van der Waals surface area contributed by atoms with Gasteiger partial charge in [-0.25, -0.2) is 13.9 Å². The van der Waals surface area contributed by atoms with Crippen molar-refractivity contribution in [3.05, 3.63) is 69.5 Å². The van der Waals surface area contributed by atoms with Crippen LogP contribution in [0.4, 0.5) is 4.39 Å². The number of aryl methyl sites for hydroxylation is 1. The molecule has 0 aliphatic carbocycles. The fourth-order valence-electron chi connectivity index (χ4n) is 2.51. The zero-order chi connectivity index (χ0) is 17.1. The molecule has 0 fully saturated rings. The highest BCUT2D eigenvalue weighted by atomic mass is 19.1. The van der Waals surface area contributed by atoms with Crippen LogP contribution in [0.3, 0.4) is 0 Å². The minimum atomic E-state index is -0.562. The summed E-state index contributed by atoms with van der Waals surface area (Å²) in [4.78, 5) is 28.5. The zero-order valence-electron chi connectivity index (χ0n) is 13.2. The Morgan fingerprint density at radius 2 is 2.17 bits per heavy atom. The number of benzene rings is 1. The predicted octanol–water partition coefficient (Wildman–Crippen LogP) is 1.70. The number of hydrogen-bond acceptors (Lipinski definition) is 3. The van der Waals surface area contributed by atoms with Crippen LogP contribution in [-0.4, -0.2) is 27.0 Å². The maximum absolute atomic E-state index is 13.5. The lowest BCUT2D eigenvalue weighted by Crippen LogP contribution is -2.27. The van der Waals surface area contributed by atoms with Crippen LogP contribution in [-0.2, 0) is 12.8 Å². The first-order valence-electron chi connectivity index (χ1n) is 7.72. The van der Waals surface area contributed by atoms with Crippen molar-refractivity contribution in [2.75, 3.05) is 6.54 Å². The van der Waals surface area contributed by atoms with E-state index >= 15 is 0 Å². The second-order valence-corrected chi connectivity index (χ2v) is 5.38. The first-order chi connectivity index (χ1) is 11.6. The molecule has 124 valence electrons.